The number of para-hydroxylation sites is 1. The lowest BCUT2D eigenvalue weighted by molar-refractivity contribution is -0.116. The minimum Gasteiger partial charge on any atom is -0.344 e. The Morgan fingerprint density at radius 2 is 1.69 bits per heavy atom. The lowest BCUT2D eigenvalue weighted by Gasteiger charge is -2.13. The fourth-order valence-corrected chi connectivity index (χ4v) is 5.20. The lowest BCUT2D eigenvalue weighted by atomic mass is 10.2. The standard InChI is InChI=1S/C25H23ClN4O4S/c1-14-7-5-6-8-18(14)27-19(31)13-29-24-20(15(2)21(35-24)23(33)28(3)4)22(32)30(25(29)34)17-11-9-16(26)10-12-17/h5-12H,13H2,1-4H3,(H,27,31). The highest BCUT2D eigenvalue weighted by molar-refractivity contribution is 7.20. The van der Waals surface area contributed by atoms with Crippen LogP contribution in [-0.4, -0.2) is 39.9 Å². The smallest absolute Gasteiger partial charge is 0.337 e. The molecule has 2 heterocycles. The number of hydrogen-bond donors (Lipinski definition) is 1. The van der Waals surface area contributed by atoms with Gasteiger partial charge >= 0.3 is 5.69 Å². The molecule has 4 rings (SSSR count). The number of aromatic nitrogens is 2. The van der Waals surface area contributed by atoms with Gasteiger partial charge in [-0.25, -0.2) is 9.36 Å². The summed E-state index contributed by atoms with van der Waals surface area (Å²) < 4.78 is 2.24. The number of benzene rings is 2. The quantitative estimate of drug-likeness (QED) is 0.441. The van der Waals surface area contributed by atoms with Crippen LogP contribution in [0, 0.1) is 13.8 Å². The number of fused-ring (bicyclic) bond motifs is 1. The Bertz CT molecular complexity index is 1580. The highest BCUT2D eigenvalue weighted by Crippen LogP contribution is 2.29. The van der Waals surface area contributed by atoms with Gasteiger partial charge in [0.1, 0.15) is 11.4 Å². The molecule has 10 heteroatoms. The highest BCUT2D eigenvalue weighted by atomic mass is 35.5. The van der Waals surface area contributed by atoms with Crippen LogP contribution in [0.3, 0.4) is 0 Å². The first-order valence-electron chi connectivity index (χ1n) is 10.7. The van der Waals surface area contributed by atoms with E-state index in [-0.39, 0.29) is 22.7 Å². The number of hydrogen-bond acceptors (Lipinski definition) is 5. The van der Waals surface area contributed by atoms with Crippen LogP contribution in [-0.2, 0) is 11.3 Å². The van der Waals surface area contributed by atoms with Crippen LogP contribution in [0.4, 0.5) is 5.69 Å². The third kappa shape index (κ3) is 4.52. The molecule has 1 N–H and O–H groups in total. The number of nitrogens with zero attached hydrogens (tertiary/aromatic N) is 3. The third-order valence-electron chi connectivity index (χ3n) is 5.62. The van der Waals surface area contributed by atoms with Gasteiger partial charge in [0.2, 0.25) is 5.91 Å². The second kappa shape index (κ2) is 9.52. The minimum absolute atomic E-state index is 0.221. The van der Waals surface area contributed by atoms with Crippen molar-refractivity contribution in [3.05, 3.63) is 90.4 Å². The van der Waals surface area contributed by atoms with Gasteiger partial charge in [-0.3, -0.25) is 19.0 Å². The van der Waals surface area contributed by atoms with E-state index in [9.17, 15) is 19.2 Å². The van der Waals surface area contributed by atoms with Crippen molar-refractivity contribution in [3.63, 3.8) is 0 Å². The molecule has 0 aliphatic carbocycles. The summed E-state index contributed by atoms with van der Waals surface area (Å²) in [6.07, 6.45) is 0. The molecule has 2 aromatic carbocycles. The number of carbonyl (C=O) groups excluding carboxylic acids is 2. The second-order valence-electron chi connectivity index (χ2n) is 8.28. The average Bonchev–Trinajstić information content (AvgIpc) is 3.16. The molecule has 0 fully saturated rings. The molecule has 0 radical (unpaired) electrons. The molecule has 4 aromatic rings. The molecule has 0 unspecified atom stereocenters. The summed E-state index contributed by atoms with van der Waals surface area (Å²) in [5.74, 6) is -0.722. The topological polar surface area (TPSA) is 93.4 Å². The van der Waals surface area contributed by atoms with Gasteiger partial charge in [-0.15, -0.1) is 11.3 Å². The van der Waals surface area contributed by atoms with E-state index in [4.69, 9.17) is 11.6 Å². The van der Waals surface area contributed by atoms with E-state index in [1.54, 1.807) is 57.4 Å². The molecule has 0 saturated heterocycles. The number of rotatable bonds is 5. The van der Waals surface area contributed by atoms with Crippen LogP contribution in [0.2, 0.25) is 5.02 Å². The molecule has 0 saturated carbocycles. The number of anilines is 1. The molecule has 0 spiro atoms. The molecule has 2 aromatic heterocycles. The Labute approximate surface area is 210 Å². The zero-order chi connectivity index (χ0) is 25.4. The second-order valence-corrected chi connectivity index (χ2v) is 9.72. The lowest BCUT2D eigenvalue weighted by Crippen LogP contribution is -2.40. The number of aryl methyl sites for hydroxylation is 2. The number of amides is 2. The maximum Gasteiger partial charge on any atom is 0.337 e. The maximum absolute atomic E-state index is 13.6. The SMILES string of the molecule is Cc1ccccc1NC(=O)Cn1c(=O)n(-c2ccc(Cl)cc2)c(=O)c2c(C)c(C(=O)N(C)C)sc21. The molecule has 35 heavy (non-hydrogen) atoms. The van der Waals surface area contributed by atoms with Crippen LogP contribution < -0.4 is 16.6 Å². The van der Waals surface area contributed by atoms with E-state index in [1.807, 2.05) is 19.1 Å². The van der Waals surface area contributed by atoms with Gasteiger partial charge in [0.15, 0.2) is 0 Å². The summed E-state index contributed by atoms with van der Waals surface area (Å²) >= 11 is 7.02. The van der Waals surface area contributed by atoms with Crippen molar-refractivity contribution in [1.29, 1.82) is 0 Å². The highest BCUT2D eigenvalue weighted by Gasteiger charge is 2.25. The van der Waals surface area contributed by atoms with Gasteiger partial charge in [-0.05, 0) is 55.3 Å². The van der Waals surface area contributed by atoms with Crippen LogP contribution >= 0.6 is 22.9 Å². The summed E-state index contributed by atoms with van der Waals surface area (Å²) in [6.45, 7) is 3.20. The summed E-state index contributed by atoms with van der Waals surface area (Å²) in [7, 11) is 3.22. The van der Waals surface area contributed by atoms with Crippen LogP contribution in [0.25, 0.3) is 15.9 Å². The van der Waals surface area contributed by atoms with Gasteiger partial charge in [-0.1, -0.05) is 29.8 Å². The zero-order valence-electron chi connectivity index (χ0n) is 19.6. The molecule has 0 bridgehead atoms. The Hall–Kier alpha value is -3.69. The summed E-state index contributed by atoms with van der Waals surface area (Å²) in [5, 5.41) is 3.49. The molecule has 0 aliphatic rings. The molecule has 0 atom stereocenters. The van der Waals surface area contributed by atoms with Gasteiger partial charge in [0, 0.05) is 24.8 Å². The normalized spacial score (nSPS) is 11.0. The van der Waals surface area contributed by atoms with Crippen molar-refractivity contribution in [2.75, 3.05) is 19.4 Å². The van der Waals surface area contributed by atoms with Crippen molar-refractivity contribution >= 4 is 50.7 Å². The van der Waals surface area contributed by atoms with Crippen molar-refractivity contribution in [3.8, 4) is 5.69 Å². The molecule has 0 aliphatic heterocycles. The maximum atomic E-state index is 13.6. The summed E-state index contributed by atoms with van der Waals surface area (Å²) in [6, 6.07) is 13.6. The fourth-order valence-electron chi connectivity index (χ4n) is 3.76. The van der Waals surface area contributed by atoms with E-state index in [0.717, 1.165) is 21.5 Å². The Kier molecular flexibility index (Phi) is 6.64. The third-order valence-corrected chi connectivity index (χ3v) is 7.17. The predicted octanol–water partition coefficient (Wildman–Crippen LogP) is 3.82. The Morgan fingerprint density at radius 3 is 2.31 bits per heavy atom. The number of nitrogens with one attached hydrogen (secondary N) is 1. The summed E-state index contributed by atoms with van der Waals surface area (Å²) in [5.41, 5.74) is 1.02. The van der Waals surface area contributed by atoms with E-state index >= 15 is 0 Å². The van der Waals surface area contributed by atoms with Crippen molar-refractivity contribution in [2.45, 2.75) is 20.4 Å². The van der Waals surface area contributed by atoms with E-state index in [0.29, 0.717) is 26.8 Å². The number of thiophene rings is 1. The monoisotopic (exact) mass is 510 g/mol. The predicted molar refractivity (Wildman–Crippen MR) is 139 cm³/mol. The molecule has 180 valence electrons. The Balaban J connectivity index is 1.94. The van der Waals surface area contributed by atoms with Crippen LogP contribution in [0.1, 0.15) is 20.8 Å². The van der Waals surface area contributed by atoms with Gasteiger partial charge < -0.3 is 10.2 Å². The molecular weight excluding hydrogens is 488 g/mol. The van der Waals surface area contributed by atoms with Gasteiger partial charge in [0.25, 0.3) is 11.5 Å². The van der Waals surface area contributed by atoms with Gasteiger partial charge in [0.05, 0.1) is 16.0 Å². The van der Waals surface area contributed by atoms with Crippen molar-refractivity contribution in [1.82, 2.24) is 14.0 Å². The molecule has 8 nitrogen and oxygen atoms in total. The molecular formula is C25H23ClN4O4S. The van der Waals surface area contributed by atoms with Crippen molar-refractivity contribution in [2.24, 2.45) is 0 Å². The average molecular weight is 511 g/mol. The number of halogens is 1. The molecule has 2 amide bonds. The largest absolute Gasteiger partial charge is 0.344 e. The van der Waals surface area contributed by atoms with Crippen LogP contribution in [0.15, 0.2) is 58.1 Å². The van der Waals surface area contributed by atoms with Crippen LogP contribution in [0.5, 0.6) is 0 Å². The fraction of sp³-hybridized carbons (Fsp3) is 0.200. The minimum atomic E-state index is -0.685. The zero-order valence-corrected chi connectivity index (χ0v) is 21.2. The first-order chi connectivity index (χ1) is 16.6. The number of carbonyl (C=O) groups is 2. The van der Waals surface area contributed by atoms with E-state index in [2.05, 4.69) is 5.32 Å². The van der Waals surface area contributed by atoms with E-state index < -0.39 is 17.2 Å². The summed E-state index contributed by atoms with van der Waals surface area (Å²) in [4.78, 5) is 54.9. The first kappa shape index (κ1) is 24.4. The Morgan fingerprint density at radius 1 is 1.03 bits per heavy atom. The van der Waals surface area contributed by atoms with Gasteiger partial charge in [-0.2, -0.15) is 0 Å². The van der Waals surface area contributed by atoms with E-state index in [1.165, 1.54) is 9.47 Å². The first-order valence-corrected chi connectivity index (χ1v) is 11.9. The van der Waals surface area contributed by atoms with Crippen molar-refractivity contribution < 1.29 is 9.59 Å².